The molecule has 24 heavy (non-hydrogen) atoms. The number of rotatable bonds is 6. The number of carboxylic acids is 1. The Bertz CT molecular complexity index is 867. The molecule has 1 aromatic carbocycles. The number of aromatic nitrogens is 1. The van der Waals surface area contributed by atoms with E-state index < -0.39 is 21.9 Å². The average Bonchev–Trinajstić information content (AvgIpc) is 2.59. The Morgan fingerprint density at radius 1 is 1.25 bits per heavy atom. The van der Waals surface area contributed by atoms with E-state index in [-0.39, 0.29) is 21.8 Å². The van der Waals surface area contributed by atoms with Gasteiger partial charge >= 0.3 is 5.97 Å². The van der Waals surface area contributed by atoms with E-state index in [1.807, 2.05) is 10.3 Å². The number of pyridine rings is 1. The van der Waals surface area contributed by atoms with Crippen LogP contribution in [0.25, 0.3) is 0 Å². The molecule has 0 aliphatic rings. The molecule has 0 fully saturated rings. The number of nitrogens with one attached hydrogen (secondary N) is 2. The quantitative estimate of drug-likeness (QED) is 0.642. The van der Waals surface area contributed by atoms with E-state index in [2.05, 4.69) is 4.98 Å². The summed E-state index contributed by atoms with van der Waals surface area (Å²) in [7, 11) is -2.90. The first-order valence-corrected chi connectivity index (χ1v) is 7.97. The molecule has 0 saturated heterocycles. The van der Waals surface area contributed by atoms with Crippen LogP contribution >= 0.6 is 0 Å². The maximum Gasteiger partial charge on any atom is 0.339 e. The molecule has 0 saturated carbocycles. The lowest BCUT2D eigenvalue weighted by Crippen LogP contribution is -2.41. The first-order valence-electron chi connectivity index (χ1n) is 6.48. The van der Waals surface area contributed by atoms with Crippen molar-refractivity contribution in [3.8, 4) is 5.75 Å². The molecule has 126 valence electrons. The monoisotopic (exact) mass is 351 g/mol. The Kier molecular flexibility index (Phi) is 5.11. The number of carbonyl (C=O) groups excluding carboxylic acids is 1. The molecule has 0 aliphatic heterocycles. The highest BCUT2D eigenvalue weighted by Crippen LogP contribution is 2.22. The summed E-state index contributed by atoms with van der Waals surface area (Å²) in [6, 6.07) is 6.27. The molecular formula is C14H13N3O6S. The zero-order valence-electron chi connectivity index (χ0n) is 12.4. The Labute approximate surface area is 137 Å². The number of benzene rings is 1. The fraction of sp³-hybridized carbons (Fsp3) is 0.0714. The molecule has 1 amide bonds. The lowest BCUT2D eigenvalue weighted by atomic mass is 10.2. The fourth-order valence-electron chi connectivity index (χ4n) is 1.76. The van der Waals surface area contributed by atoms with Crippen molar-refractivity contribution < 1.29 is 27.9 Å². The largest absolute Gasteiger partial charge is 0.496 e. The SMILES string of the molecule is COc1ccc(S(=O)(=O)NNC(=O)c2cccnc2)cc1C(=O)O. The highest BCUT2D eigenvalue weighted by Gasteiger charge is 2.20. The number of ether oxygens (including phenoxy) is 1. The van der Waals surface area contributed by atoms with Gasteiger partial charge in [-0.3, -0.25) is 15.2 Å². The minimum Gasteiger partial charge on any atom is -0.496 e. The summed E-state index contributed by atoms with van der Waals surface area (Å²) in [6.07, 6.45) is 2.73. The van der Waals surface area contributed by atoms with Gasteiger partial charge in [-0.2, -0.15) is 0 Å². The molecule has 2 aromatic rings. The van der Waals surface area contributed by atoms with Gasteiger partial charge in [-0.25, -0.2) is 13.2 Å². The van der Waals surface area contributed by atoms with E-state index in [9.17, 15) is 18.0 Å². The number of carboxylic acid groups (broad SMARTS) is 1. The van der Waals surface area contributed by atoms with Crippen LogP contribution in [0.4, 0.5) is 0 Å². The van der Waals surface area contributed by atoms with E-state index in [1.165, 1.54) is 37.7 Å². The fourth-order valence-corrected chi connectivity index (χ4v) is 2.63. The molecule has 3 N–H and O–H groups in total. The van der Waals surface area contributed by atoms with Crippen LogP contribution in [-0.2, 0) is 10.0 Å². The summed E-state index contributed by atoms with van der Waals surface area (Å²) in [5, 5.41) is 9.08. The van der Waals surface area contributed by atoms with Gasteiger partial charge in [0.05, 0.1) is 17.6 Å². The zero-order valence-corrected chi connectivity index (χ0v) is 13.2. The van der Waals surface area contributed by atoms with Crippen LogP contribution in [0.5, 0.6) is 5.75 Å². The van der Waals surface area contributed by atoms with Crippen LogP contribution in [0.1, 0.15) is 20.7 Å². The third-order valence-electron chi connectivity index (χ3n) is 2.93. The van der Waals surface area contributed by atoms with Crippen LogP contribution in [0.2, 0.25) is 0 Å². The summed E-state index contributed by atoms with van der Waals surface area (Å²) >= 11 is 0. The molecule has 1 aromatic heterocycles. The zero-order chi connectivity index (χ0) is 17.7. The van der Waals surface area contributed by atoms with Gasteiger partial charge < -0.3 is 9.84 Å². The Balaban J connectivity index is 2.20. The lowest BCUT2D eigenvalue weighted by molar-refractivity contribution is 0.0692. The summed E-state index contributed by atoms with van der Waals surface area (Å²) in [5.41, 5.74) is 1.85. The molecular weight excluding hydrogens is 338 g/mol. The number of aromatic carboxylic acids is 1. The van der Waals surface area contributed by atoms with Crippen LogP contribution in [0, 0.1) is 0 Å². The van der Waals surface area contributed by atoms with E-state index in [1.54, 1.807) is 0 Å². The van der Waals surface area contributed by atoms with Crippen LogP contribution in [-0.4, -0.2) is 37.5 Å². The van der Waals surface area contributed by atoms with E-state index in [4.69, 9.17) is 9.84 Å². The molecule has 2 rings (SSSR count). The minimum absolute atomic E-state index is 0.0147. The number of hydrazine groups is 1. The molecule has 0 unspecified atom stereocenters. The normalized spacial score (nSPS) is 10.9. The number of hydrogen-bond donors (Lipinski definition) is 3. The highest BCUT2D eigenvalue weighted by molar-refractivity contribution is 7.89. The van der Waals surface area contributed by atoms with Crippen molar-refractivity contribution >= 4 is 21.9 Å². The Morgan fingerprint density at radius 3 is 2.58 bits per heavy atom. The molecule has 9 nitrogen and oxygen atoms in total. The van der Waals surface area contributed by atoms with Crippen LogP contribution < -0.4 is 15.0 Å². The molecule has 0 radical (unpaired) electrons. The van der Waals surface area contributed by atoms with Gasteiger partial charge in [-0.15, -0.1) is 4.83 Å². The predicted molar refractivity (Wildman–Crippen MR) is 82.0 cm³/mol. The smallest absolute Gasteiger partial charge is 0.339 e. The summed E-state index contributed by atoms with van der Waals surface area (Å²) in [4.78, 5) is 28.2. The van der Waals surface area contributed by atoms with Crippen molar-refractivity contribution in [3.05, 3.63) is 53.9 Å². The Morgan fingerprint density at radius 2 is 2.00 bits per heavy atom. The van der Waals surface area contributed by atoms with Gasteiger partial charge in [-0.1, -0.05) is 0 Å². The molecule has 0 spiro atoms. The summed E-state index contributed by atoms with van der Waals surface area (Å²) < 4.78 is 29.2. The second-order valence-electron chi connectivity index (χ2n) is 4.47. The molecule has 1 heterocycles. The van der Waals surface area contributed by atoms with Crippen molar-refractivity contribution in [2.24, 2.45) is 0 Å². The Hall–Kier alpha value is -2.98. The van der Waals surface area contributed by atoms with Crippen LogP contribution in [0.15, 0.2) is 47.6 Å². The number of sulfonamides is 1. The number of nitrogens with zero attached hydrogens (tertiary/aromatic N) is 1. The van der Waals surface area contributed by atoms with E-state index in [0.29, 0.717) is 0 Å². The number of hydrogen-bond acceptors (Lipinski definition) is 6. The van der Waals surface area contributed by atoms with Crippen molar-refractivity contribution in [2.45, 2.75) is 4.90 Å². The third kappa shape index (κ3) is 3.86. The second-order valence-corrected chi connectivity index (χ2v) is 6.15. The number of amides is 1. The number of methoxy groups -OCH3 is 1. The van der Waals surface area contributed by atoms with Gasteiger partial charge in [0, 0.05) is 12.4 Å². The molecule has 0 bridgehead atoms. The standard InChI is InChI=1S/C14H13N3O6S/c1-23-12-5-4-10(7-11(12)14(19)20)24(21,22)17-16-13(18)9-3-2-6-15-8-9/h2-8,17H,1H3,(H,16,18)(H,19,20). The molecule has 0 atom stereocenters. The molecule has 10 heteroatoms. The first kappa shape index (κ1) is 17.4. The van der Waals surface area contributed by atoms with Gasteiger partial charge in [0.15, 0.2) is 0 Å². The van der Waals surface area contributed by atoms with Gasteiger partial charge in [-0.05, 0) is 30.3 Å². The van der Waals surface area contributed by atoms with Crippen molar-refractivity contribution in [3.63, 3.8) is 0 Å². The third-order valence-corrected chi connectivity index (χ3v) is 4.18. The van der Waals surface area contributed by atoms with Crippen LogP contribution in [0.3, 0.4) is 0 Å². The van der Waals surface area contributed by atoms with E-state index in [0.717, 1.165) is 12.1 Å². The van der Waals surface area contributed by atoms with Crippen molar-refractivity contribution in [1.82, 2.24) is 15.2 Å². The second kappa shape index (κ2) is 7.06. The minimum atomic E-state index is -4.17. The molecule has 0 aliphatic carbocycles. The first-order chi connectivity index (χ1) is 11.3. The van der Waals surface area contributed by atoms with Gasteiger partial charge in [0.2, 0.25) is 0 Å². The summed E-state index contributed by atoms with van der Waals surface area (Å²) in [5.74, 6) is -2.04. The lowest BCUT2D eigenvalue weighted by Gasteiger charge is -2.10. The predicted octanol–water partition coefficient (Wildman–Crippen LogP) is 0.412. The topological polar surface area (TPSA) is 135 Å². The maximum atomic E-state index is 12.2. The van der Waals surface area contributed by atoms with E-state index >= 15 is 0 Å². The summed E-state index contributed by atoms with van der Waals surface area (Å²) in [6.45, 7) is 0. The van der Waals surface area contributed by atoms with Gasteiger partial charge in [0.25, 0.3) is 15.9 Å². The highest BCUT2D eigenvalue weighted by atomic mass is 32.2. The average molecular weight is 351 g/mol. The van der Waals surface area contributed by atoms with Crippen molar-refractivity contribution in [1.29, 1.82) is 0 Å². The van der Waals surface area contributed by atoms with Crippen molar-refractivity contribution in [2.75, 3.05) is 7.11 Å². The number of carbonyl (C=O) groups is 2. The van der Waals surface area contributed by atoms with Gasteiger partial charge in [0.1, 0.15) is 11.3 Å². The maximum absolute atomic E-state index is 12.2.